The SMILES string of the molecule is CCCCCCCc1ccc(-c2c[nH]c(C(=O)OCC)c2F)c(Cl)c1. The second-order valence-electron chi connectivity index (χ2n) is 6.09. The molecular weight excluding hydrogens is 341 g/mol. The van der Waals surface area contributed by atoms with Crippen LogP contribution in [-0.4, -0.2) is 17.6 Å². The van der Waals surface area contributed by atoms with E-state index in [1.54, 1.807) is 6.92 Å². The van der Waals surface area contributed by atoms with Crippen LogP contribution in [0.3, 0.4) is 0 Å². The number of ether oxygens (including phenoxy) is 1. The summed E-state index contributed by atoms with van der Waals surface area (Å²) in [6.45, 7) is 4.07. The van der Waals surface area contributed by atoms with Crippen molar-refractivity contribution in [3.8, 4) is 11.1 Å². The summed E-state index contributed by atoms with van der Waals surface area (Å²) in [6, 6.07) is 5.66. The zero-order valence-electron chi connectivity index (χ0n) is 14.8. The minimum Gasteiger partial charge on any atom is -0.461 e. The molecule has 0 aliphatic heterocycles. The van der Waals surface area contributed by atoms with Crippen molar-refractivity contribution in [2.45, 2.75) is 52.4 Å². The maximum absolute atomic E-state index is 14.5. The van der Waals surface area contributed by atoms with Crippen LogP contribution in [0, 0.1) is 5.82 Å². The molecule has 1 aromatic heterocycles. The number of unbranched alkanes of at least 4 members (excludes halogenated alkanes) is 4. The lowest BCUT2D eigenvalue weighted by Crippen LogP contribution is -2.06. The van der Waals surface area contributed by atoms with Gasteiger partial charge in [-0.1, -0.05) is 56.3 Å². The number of nitrogens with one attached hydrogen (secondary N) is 1. The summed E-state index contributed by atoms with van der Waals surface area (Å²) in [6.07, 6.45) is 8.52. The number of esters is 1. The van der Waals surface area contributed by atoms with E-state index >= 15 is 0 Å². The molecule has 5 heteroatoms. The van der Waals surface area contributed by atoms with Crippen LogP contribution in [0.2, 0.25) is 5.02 Å². The first-order valence-electron chi connectivity index (χ1n) is 8.91. The van der Waals surface area contributed by atoms with Crippen molar-refractivity contribution >= 4 is 17.6 Å². The zero-order valence-corrected chi connectivity index (χ0v) is 15.6. The van der Waals surface area contributed by atoms with Gasteiger partial charge in [0.1, 0.15) is 0 Å². The lowest BCUT2D eigenvalue weighted by Gasteiger charge is -2.07. The van der Waals surface area contributed by atoms with Crippen LogP contribution in [-0.2, 0) is 11.2 Å². The molecule has 0 atom stereocenters. The van der Waals surface area contributed by atoms with Gasteiger partial charge in [-0.15, -0.1) is 0 Å². The van der Waals surface area contributed by atoms with E-state index < -0.39 is 11.8 Å². The van der Waals surface area contributed by atoms with E-state index in [-0.39, 0.29) is 17.9 Å². The number of rotatable bonds is 9. The molecule has 0 spiro atoms. The fraction of sp³-hybridized carbons (Fsp3) is 0.450. The number of halogens is 2. The molecule has 0 fully saturated rings. The second kappa shape index (κ2) is 9.62. The summed E-state index contributed by atoms with van der Waals surface area (Å²) < 4.78 is 19.3. The Morgan fingerprint density at radius 3 is 2.60 bits per heavy atom. The molecule has 0 saturated carbocycles. The summed E-state index contributed by atoms with van der Waals surface area (Å²) in [7, 11) is 0. The van der Waals surface area contributed by atoms with Crippen LogP contribution in [0.1, 0.15) is 62.0 Å². The minimum absolute atomic E-state index is 0.173. The average Bonchev–Trinajstić information content (AvgIpc) is 2.96. The van der Waals surface area contributed by atoms with Crippen molar-refractivity contribution in [3.63, 3.8) is 0 Å². The fourth-order valence-corrected chi connectivity index (χ4v) is 3.12. The van der Waals surface area contributed by atoms with Crippen LogP contribution in [0.15, 0.2) is 24.4 Å². The van der Waals surface area contributed by atoms with E-state index in [9.17, 15) is 9.18 Å². The van der Waals surface area contributed by atoms with Crippen LogP contribution in [0.4, 0.5) is 4.39 Å². The summed E-state index contributed by atoms with van der Waals surface area (Å²) in [5.74, 6) is -1.33. The first kappa shape index (κ1) is 19.5. The fourth-order valence-electron chi connectivity index (χ4n) is 2.82. The Kier molecular flexibility index (Phi) is 7.51. The largest absolute Gasteiger partial charge is 0.461 e. The summed E-state index contributed by atoms with van der Waals surface area (Å²) in [5, 5.41) is 0.486. The molecule has 0 aliphatic carbocycles. The Labute approximate surface area is 153 Å². The number of aryl methyl sites for hydroxylation is 1. The quantitative estimate of drug-likeness (QED) is 0.427. The normalized spacial score (nSPS) is 10.9. The highest BCUT2D eigenvalue weighted by molar-refractivity contribution is 6.33. The van der Waals surface area contributed by atoms with Crippen LogP contribution < -0.4 is 0 Å². The molecule has 0 amide bonds. The highest BCUT2D eigenvalue weighted by Crippen LogP contribution is 2.32. The molecule has 2 aromatic rings. The van der Waals surface area contributed by atoms with Gasteiger partial charge in [-0.25, -0.2) is 9.18 Å². The third-order valence-corrected chi connectivity index (χ3v) is 4.50. The molecule has 0 aliphatic rings. The Bertz CT molecular complexity index is 712. The van der Waals surface area contributed by atoms with Gasteiger partial charge in [-0.2, -0.15) is 0 Å². The number of aromatic nitrogens is 1. The van der Waals surface area contributed by atoms with Crippen molar-refractivity contribution in [2.24, 2.45) is 0 Å². The van der Waals surface area contributed by atoms with Crippen LogP contribution >= 0.6 is 11.6 Å². The molecule has 2 rings (SSSR count). The third-order valence-electron chi connectivity index (χ3n) is 4.19. The predicted molar refractivity (Wildman–Crippen MR) is 99.6 cm³/mol. The Balaban J connectivity index is 2.09. The van der Waals surface area contributed by atoms with Crippen LogP contribution in [0.5, 0.6) is 0 Å². The van der Waals surface area contributed by atoms with Gasteiger partial charge in [-0.05, 0) is 31.4 Å². The number of benzene rings is 1. The second-order valence-corrected chi connectivity index (χ2v) is 6.50. The highest BCUT2D eigenvalue weighted by Gasteiger charge is 2.21. The predicted octanol–water partition coefficient (Wildman–Crippen LogP) is 6.16. The zero-order chi connectivity index (χ0) is 18.2. The van der Waals surface area contributed by atoms with Crippen LogP contribution in [0.25, 0.3) is 11.1 Å². The Morgan fingerprint density at radius 2 is 1.92 bits per heavy atom. The van der Waals surface area contributed by atoms with Gasteiger partial charge in [0.25, 0.3) is 0 Å². The van der Waals surface area contributed by atoms with Gasteiger partial charge >= 0.3 is 5.97 Å². The van der Waals surface area contributed by atoms with Gasteiger partial charge < -0.3 is 9.72 Å². The number of hydrogen-bond acceptors (Lipinski definition) is 2. The summed E-state index contributed by atoms with van der Waals surface area (Å²) in [5.41, 5.74) is 1.82. The van der Waals surface area contributed by atoms with Crippen molar-refractivity contribution < 1.29 is 13.9 Å². The van der Waals surface area contributed by atoms with Crippen molar-refractivity contribution in [1.82, 2.24) is 4.98 Å². The maximum atomic E-state index is 14.5. The molecular formula is C20H25ClFNO2. The number of hydrogen-bond donors (Lipinski definition) is 1. The van der Waals surface area contributed by atoms with E-state index in [4.69, 9.17) is 16.3 Å². The minimum atomic E-state index is -0.703. The van der Waals surface area contributed by atoms with Crippen molar-refractivity contribution in [2.75, 3.05) is 6.61 Å². The molecule has 0 radical (unpaired) electrons. The summed E-state index contributed by atoms with van der Waals surface area (Å²) in [4.78, 5) is 14.4. The lowest BCUT2D eigenvalue weighted by molar-refractivity contribution is 0.0515. The van der Waals surface area contributed by atoms with E-state index in [2.05, 4.69) is 11.9 Å². The molecule has 0 unspecified atom stereocenters. The molecule has 1 heterocycles. The van der Waals surface area contributed by atoms with Crippen molar-refractivity contribution in [1.29, 1.82) is 0 Å². The number of carbonyl (C=O) groups excluding carboxylic acids is 1. The molecule has 25 heavy (non-hydrogen) atoms. The molecule has 0 bridgehead atoms. The summed E-state index contributed by atoms with van der Waals surface area (Å²) >= 11 is 6.35. The number of H-pyrrole nitrogens is 1. The average molecular weight is 366 g/mol. The topological polar surface area (TPSA) is 42.1 Å². The third kappa shape index (κ3) is 5.08. The monoisotopic (exact) mass is 365 g/mol. The Hall–Kier alpha value is -1.81. The maximum Gasteiger partial charge on any atom is 0.357 e. The molecule has 3 nitrogen and oxygen atoms in total. The van der Waals surface area contributed by atoms with E-state index in [0.717, 1.165) is 18.4 Å². The van der Waals surface area contributed by atoms with Crippen molar-refractivity contribution in [3.05, 3.63) is 46.5 Å². The van der Waals surface area contributed by atoms with E-state index in [1.807, 2.05) is 18.2 Å². The molecule has 0 saturated heterocycles. The van der Waals surface area contributed by atoms with E-state index in [1.165, 1.54) is 31.9 Å². The van der Waals surface area contributed by atoms with Gasteiger partial charge in [0.05, 0.1) is 6.61 Å². The molecule has 1 N–H and O–H groups in total. The lowest BCUT2D eigenvalue weighted by atomic mass is 10.0. The van der Waals surface area contributed by atoms with Gasteiger partial charge in [0.15, 0.2) is 11.5 Å². The van der Waals surface area contributed by atoms with Gasteiger partial charge in [0, 0.05) is 22.3 Å². The first-order valence-corrected chi connectivity index (χ1v) is 9.29. The van der Waals surface area contributed by atoms with Gasteiger partial charge in [-0.3, -0.25) is 0 Å². The first-order chi connectivity index (χ1) is 12.1. The molecule has 1 aromatic carbocycles. The molecule has 136 valence electrons. The smallest absolute Gasteiger partial charge is 0.357 e. The highest BCUT2D eigenvalue weighted by atomic mass is 35.5. The Morgan fingerprint density at radius 1 is 1.16 bits per heavy atom. The van der Waals surface area contributed by atoms with E-state index in [0.29, 0.717) is 10.6 Å². The number of aromatic amines is 1. The standard InChI is InChI=1S/C20H25ClFNO2/c1-3-5-6-7-8-9-14-10-11-15(17(21)12-14)16-13-23-19(18(16)22)20(24)25-4-2/h10-13,23H,3-9H2,1-2H3. The van der Waals surface area contributed by atoms with Gasteiger partial charge in [0.2, 0.25) is 0 Å². The number of carbonyl (C=O) groups is 1.